The number of benzene rings is 2. The van der Waals surface area contributed by atoms with Crippen LogP contribution < -0.4 is 4.74 Å². The highest BCUT2D eigenvalue weighted by atomic mass is 19.4. The molecule has 0 radical (unpaired) electrons. The molecule has 0 amide bonds. The van der Waals surface area contributed by atoms with Gasteiger partial charge >= 0.3 is 12.3 Å². The zero-order chi connectivity index (χ0) is 20.5. The zero-order valence-corrected chi connectivity index (χ0v) is 14.7. The highest BCUT2D eigenvalue weighted by Gasteiger charge is 2.31. The SMILES string of the molecule is CCC(=O)OC1=Cc2cc(F)c(-c3ccc(OC(F)(F)F)cc3)c(F)c2CC1. The maximum absolute atomic E-state index is 14.9. The van der Waals surface area contributed by atoms with Crippen LogP contribution in [0.15, 0.2) is 36.1 Å². The summed E-state index contributed by atoms with van der Waals surface area (Å²) in [6.45, 7) is 1.64. The minimum Gasteiger partial charge on any atom is -0.431 e. The molecule has 0 saturated heterocycles. The normalized spacial score (nSPS) is 13.6. The lowest BCUT2D eigenvalue weighted by Crippen LogP contribution is -2.17. The first-order valence-corrected chi connectivity index (χ1v) is 8.46. The number of hydrogen-bond donors (Lipinski definition) is 0. The first kappa shape index (κ1) is 19.9. The summed E-state index contributed by atoms with van der Waals surface area (Å²) in [5.41, 5.74) is 0.267. The van der Waals surface area contributed by atoms with Crippen LogP contribution in [0.2, 0.25) is 0 Å². The van der Waals surface area contributed by atoms with Crippen LogP contribution in [0, 0.1) is 11.6 Å². The van der Waals surface area contributed by atoms with Gasteiger partial charge in [0.1, 0.15) is 23.1 Å². The van der Waals surface area contributed by atoms with Crippen LogP contribution in [0.3, 0.4) is 0 Å². The monoisotopic (exact) mass is 398 g/mol. The molecule has 0 aromatic heterocycles. The Kier molecular flexibility index (Phi) is 5.40. The number of allylic oxidation sites excluding steroid dienone is 1. The van der Waals surface area contributed by atoms with E-state index < -0.39 is 29.7 Å². The molecule has 0 heterocycles. The number of hydrogen-bond acceptors (Lipinski definition) is 3. The van der Waals surface area contributed by atoms with Crippen molar-refractivity contribution < 1.29 is 36.2 Å². The molecule has 0 N–H and O–H groups in total. The fraction of sp³-hybridized carbons (Fsp3) is 0.250. The first-order valence-electron chi connectivity index (χ1n) is 8.46. The minimum atomic E-state index is -4.85. The molecular weight excluding hydrogens is 383 g/mol. The van der Waals surface area contributed by atoms with Crippen LogP contribution in [0.4, 0.5) is 22.0 Å². The molecule has 2 aromatic rings. The molecule has 2 aromatic carbocycles. The minimum absolute atomic E-state index is 0.0829. The van der Waals surface area contributed by atoms with Gasteiger partial charge in [0.25, 0.3) is 0 Å². The number of carbonyl (C=O) groups is 1. The van der Waals surface area contributed by atoms with Gasteiger partial charge in [-0.15, -0.1) is 13.2 Å². The Labute approximate surface area is 157 Å². The largest absolute Gasteiger partial charge is 0.573 e. The van der Waals surface area contributed by atoms with E-state index in [2.05, 4.69) is 4.74 Å². The number of ether oxygens (including phenoxy) is 2. The summed E-state index contributed by atoms with van der Waals surface area (Å²) in [5.74, 6) is -2.26. The average molecular weight is 398 g/mol. The highest BCUT2D eigenvalue weighted by molar-refractivity contribution is 5.74. The summed E-state index contributed by atoms with van der Waals surface area (Å²) in [4.78, 5) is 11.4. The van der Waals surface area contributed by atoms with Gasteiger partial charge in [0, 0.05) is 12.8 Å². The number of alkyl halides is 3. The van der Waals surface area contributed by atoms with Crippen LogP contribution in [0.1, 0.15) is 30.9 Å². The van der Waals surface area contributed by atoms with Crippen LogP contribution >= 0.6 is 0 Å². The van der Waals surface area contributed by atoms with Crippen molar-refractivity contribution in [3.8, 4) is 16.9 Å². The molecule has 0 bridgehead atoms. The van der Waals surface area contributed by atoms with Crippen molar-refractivity contribution in [2.75, 3.05) is 0 Å². The van der Waals surface area contributed by atoms with Crippen molar-refractivity contribution in [1.29, 1.82) is 0 Å². The number of carbonyl (C=O) groups excluding carboxylic acids is 1. The van der Waals surface area contributed by atoms with Gasteiger partial charge in [-0.3, -0.25) is 4.79 Å². The molecule has 0 atom stereocenters. The Balaban J connectivity index is 1.94. The maximum Gasteiger partial charge on any atom is 0.573 e. The Morgan fingerprint density at radius 1 is 1.11 bits per heavy atom. The number of esters is 1. The lowest BCUT2D eigenvalue weighted by molar-refractivity contribution is -0.274. The Bertz CT molecular complexity index is 930. The van der Waals surface area contributed by atoms with Crippen molar-refractivity contribution in [1.82, 2.24) is 0 Å². The molecule has 8 heteroatoms. The van der Waals surface area contributed by atoms with Crippen molar-refractivity contribution in [2.45, 2.75) is 32.5 Å². The van der Waals surface area contributed by atoms with Gasteiger partial charge in [-0.1, -0.05) is 19.1 Å². The zero-order valence-electron chi connectivity index (χ0n) is 14.7. The Morgan fingerprint density at radius 2 is 1.79 bits per heavy atom. The van der Waals surface area contributed by atoms with Gasteiger partial charge in [-0.05, 0) is 47.4 Å². The maximum atomic E-state index is 14.9. The standard InChI is InChI=1S/C20H15F5O3/c1-2-17(26)27-14-7-8-15-12(9-14)10-16(21)18(19(15)22)11-3-5-13(6-4-11)28-20(23,24)25/h3-6,9-10H,2,7-8H2,1H3. The molecule has 1 aliphatic carbocycles. The summed E-state index contributed by atoms with van der Waals surface area (Å²) in [6.07, 6.45) is -2.77. The van der Waals surface area contributed by atoms with E-state index in [0.717, 1.165) is 30.3 Å². The molecule has 0 spiro atoms. The average Bonchev–Trinajstić information content (AvgIpc) is 2.61. The number of fused-ring (bicyclic) bond motifs is 1. The first-order chi connectivity index (χ1) is 13.2. The molecule has 0 unspecified atom stereocenters. The van der Waals surface area contributed by atoms with Crippen molar-refractivity contribution in [3.05, 3.63) is 58.9 Å². The van der Waals surface area contributed by atoms with Crippen molar-refractivity contribution in [3.63, 3.8) is 0 Å². The lowest BCUT2D eigenvalue weighted by Gasteiger charge is -2.19. The lowest BCUT2D eigenvalue weighted by atomic mass is 9.91. The van der Waals surface area contributed by atoms with E-state index in [4.69, 9.17) is 4.74 Å². The second-order valence-corrected chi connectivity index (χ2v) is 6.13. The van der Waals surface area contributed by atoms with Crippen LogP contribution in [0.5, 0.6) is 5.75 Å². The van der Waals surface area contributed by atoms with Gasteiger partial charge in [0.2, 0.25) is 0 Å². The van der Waals surface area contributed by atoms with E-state index in [1.54, 1.807) is 6.92 Å². The topological polar surface area (TPSA) is 35.5 Å². The molecule has 0 saturated carbocycles. The van der Waals surface area contributed by atoms with Gasteiger partial charge < -0.3 is 9.47 Å². The molecular formula is C20H15F5O3. The molecule has 3 nitrogen and oxygen atoms in total. The molecule has 28 heavy (non-hydrogen) atoms. The second-order valence-electron chi connectivity index (χ2n) is 6.13. The summed E-state index contributed by atoms with van der Waals surface area (Å²) >= 11 is 0. The van der Waals surface area contributed by atoms with E-state index in [-0.39, 0.29) is 41.5 Å². The van der Waals surface area contributed by atoms with Crippen LogP contribution in [-0.4, -0.2) is 12.3 Å². The molecule has 0 fully saturated rings. The van der Waals surface area contributed by atoms with E-state index in [0.29, 0.717) is 5.76 Å². The quantitative estimate of drug-likeness (QED) is 0.485. The summed E-state index contributed by atoms with van der Waals surface area (Å²) in [6, 6.07) is 5.41. The third kappa shape index (κ3) is 4.32. The molecule has 0 aliphatic heterocycles. The fourth-order valence-corrected chi connectivity index (χ4v) is 2.94. The predicted molar refractivity (Wildman–Crippen MR) is 91.2 cm³/mol. The van der Waals surface area contributed by atoms with Crippen molar-refractivity contribution >= 4 is 12.0 Å². The Hall–Kier alpha value is -2.90. The third-order valence-electron chi connectivity index (χ3n) is 4.20. The van der Waals surface area contributed by atoms with Crippen molar-refractivity contribution in [2.24, 2.45) is 0 Å². The van der Waals surface area contributed by atoms with Gasteiger partial charge in [-0.25, -0.2) is 8.78 Å². The number of rotatable bonds is 4. The highest BCUT2D eigenvalue weighted by Crippen LogP contribution is 2.36. The smallest absolute Gasteiger partial charge is 0.431 e. The fourth-order valence-electron chi connectivity index (χ4n) is 2.94. The summed E-state index contributed by atoms with van der Waals surface area (Å²) in [5, 5.41) is 0. The third-order valence-corrected chi connectivity index (χ3v) is 4.20. The molecule has 1 aliphatic rings. The summed E-state index contributed by atoms with van der Waals surface area (Å²) < 4.78 is 75.1. The van der Waals surface area contributed by atoms with E-state index in [1.807, 2.05) is 0 Å². The van der Waals surface area contributed by atoms with E-state index in [9.17, 15) is 26.7 Å². The van der Waals surface area contributed by atoms with Gasteiger partial charge in [0.15, 0.2) is 0 Å². The van der Waals surface area contributed by atoms with Gasteiger partial charge in [0.05, 0.1) is 5.56 Å². The van der Waals surface area contributed by atoms with E-state index in [1.165, 1.54) is 6.08 Å². The van der Waals surface area contributed by atoms with Gasteiger partial charge in [-0.2, -0.15) is 0 Å². The molecule has 3 rings (SSSR count). The predicted octanol–water partition coefficient (Wildman–Crippen LogP) is 5.77. The molecule has 148 valence electrons. The van der Waals surface area contributed by atoms with Crippen LogP contribution in [-0.2, 0) is 16.0 Å². The Morgan fingerprint density at radius 3 is 2.39 bits per heavy atom. The summed E-state index contributed by atoms with van der Waals surface area (Å²) in [7, 11) is 0. The second kappa shape index (κ2) is 7.61. The van der Waals surface area contributed by atoms with E-state index >= 15 is 0 Å². The van der Waals surface area contributed by atoms with Crippen LogP contribution in [0.25, 0.3) is 17.2 Å². The number of halogens is 5.